The highest BCUT2D eigenvalue weighted by Crippen LogP contribution is 2.27. The van der Waals surface area contributed by atoms with Gasteiger partial charge in [-0.15, -0.1) is 0 Å². The van der Waals surface area contributed by atoms with Crippen molar-refractivity contribution in [2.24, 2.45) is 0 Å². The molecule has 142 valence electrons. The zero-order valence-electron chi connectivity index (χ0n) is 16.0. The number of benzene rings is 1. The monoisotopic (exact) mass is 364 g/mol. The molecular weight excluding hydrogens is 336 g/mol. The molecule has 0 spiro atoms. The van der Waals surface area contributed by atoms with Gasteiger partial charge >= 0.3 is 0 Å². The molecule has 0 atom stereocenters. The van der Waals surface area contributed by atoms with Crippen molar-refractivity contribution >= 4 is 28.3 Å². The van der Waals surface area contributed by atoms with Gasteiger partial charge in [0.05, 0.1) is 17.0 Å². The SMILES string of the molecule is CC.N=C(c1cc2ccccc2[nH]1)c1c(N)ncnc1NC1CCCCC1. The van der Waals surface area contributed by atoms with E-state index in [1.54, 1.807) is 0 Å². The molecule has 1 aliphatic rings. The minimum atomic E-state index is 0.313. The minimum absolute atomic E-state index is 0.313. The van der Waals surface area contributed by atoms with Crippen LogP contribution in [0.15, 0.2) is 36.7 Å². The molecular formula is C21H28N6. The molecule has 6 nitrogen and oxygen atoms in total. The zero-order chi connectivity index (χ0) is 19.2. The standard InChI is InChI=1S/C19H22N6.C2H6/c20-17(15-10-12-6-4-5-9-14(12)25-15)16-18(21)22-11-23-19(16)24-13-7-2-1-3-8-13;1-2/h4-6,9-11,13,20,25H,1-3,7-8H2,(H3,21,22,23,24);1-2H3. The third-order valence-electron chi connectivity index (χ3n) is 4.87. The van der Waals surface area contributed by atoms with Gasteiger partial charge in [0.25, 0.3) is 0 Å². The van der Waals surface area contributed by atoms with E-state index >= 15 is 0 Å². The highest BCUT2D eigenvalue weighted by atomic mass is 15.1. The lowest BCUT2D eigenvalue weighted by Crippen LogP contribution is -2.25. The molecule has 1 saturated carbocycles. The number of rotatable bonds is 4. The predicted octanol–water partition coefficient (Wildman–Crippen LogP) is 4.73. The van der Waals surface area contributed by atoms with Crippen LogP contribution in [0, 0.1) is 5.41 Å². The van der Waals surface area contributed by atoms with E-state index in [1.807, 2.05) is 44.2 Å². The van der Waals surface area contributed by atoms with Crippen molar-refractivity contribution in [1.29, 1.82) is 5.41 Å². The fourth-order valence-electron chi connectivity index (χ4n) is 3.54. The van der Waals surface area contributed by atoms with Gasteiger partial charge in [-0.2, -0.15) is 0 Å². The van der Waals surface area contributed by atoms with Gasteiger partial charge in [0.2, 0.25) is 0 Å². The van der Waals surface area contributed by atoms with E-state index in [-0.39, 0.29) is 0 Å². The molecule has 0 unspecified atom stereocenters. The third kappa shape index (κ3) is 4.10. The summed E-state index contributed by atoms with van der Waals surface area (Å²) in [6, 6.07) is 10.3. The van der Waals surface area contributed by atoms with E-state index in [1.165, 1.54) is 25.6 Å². The normalized spacial score (nSPS) is 14.4. The fraction of sp³-hybridized carbons (Fsp3) is 0.381. The maximum absolute atomic E-state index is 8.67. The number of hydrogen-bond donors (Lipinski definition) is 4. The van der Waals surface area contributed by atoms with E-state index < -0.39 is 0 Å². The minimum Gasteiger partial charge on any atom is -0.383 e. The zero-order valence-corrected chi connectivity index (χ0v) is 16.0. The molecule has 0 amide bonds. The number of hydrogen-bond acceptors (Lipinski definition) is 5. The number of anilines is 2. The molecule has 6 heteroatoms. The van der Waals surface area contributed by atoms with Crippen molar-refractivity contribution < 1.29 is 0 Å². The molecule has 4 rings (SSSR count). The second-order valence-electron chi connectivity index (χ2n) is 6.61. The molecule has 0 aliphatic heterocycles. The Morgan fingerprint density at radius 1 is 1.15 bits per heavy atom. The highest BCUT2D eigenvalue weighted by Gasteiger charge is 2.21. The second-order valence-corrected chi connectivity index (χ2v) is 6.61. The Labute approximate surface area is 160 Å². The Hall–Kier alpha value is -2.89. The van der Waals surface area contributed by atoms with Gasteiger partial charge in [0.1, 0.15) is 18.0 Å². The van der Waals surface area contributed by atoms with Crippen molar-refractivity contribution in [3.05, 3.63) is 47.9 Å². The third-order valence-corrected chi connectivity index (χ3v) is 4.87. The Kier molecular flexibility index (Phi) is 6.06. The number of nitrogen functional groups attached to an aromatic ring is 1. The first-order valence-corrected chi connectivity index (χ1v) is 9.76. The van der Waals surface area contributed by atoms with Gasteiger partial charge < -0.3 is 16.0 Å². The Bertz CT molecular complexity index is 875. The van der Waals surface area contributed by atoms with Crippen LogP contribution in [0.5, 0.6) is 0 Å². The van der Waals surface area contributed by atoms with Crippen LogP contribution in [-0.2, 0) is 0 Å². The number of para-hydroxylation sites is 1. The lowest BCUT2D eigenvalue weighted by molar-refractivity contribution is 0.462. The molecule has 0 radical (unpaired) electrons. The van der Waals surface area contributed by atoms with Crippen molar-refractivity contribution in [2.75, 3.05) is 11.1 Å². The van der Waals surface area contributed by atoms with E-state index in [2.05, 4.69) is 20.3 Å². The van der Waals surface area contributed by atoms with Crippen molar-refractivity contribution in [3.8, 4) is 0 Å². The lowest BCUT2D eigenvalue weighted by Gasteiger charge is -2.24. The summed E-state index contributed by atoms with van der Waals surface area (Å²) in [4.78, 5) is 11.8. The number of H-pyrrole nitrogens is 1. The smallest absolute Gasteiger partial charge is 0.141 e. The number of nitrogens with zero attached hydrogens (tertiary/aromatic N) is 2. The van der Waals surface area contributed by atoms with Crippen LogP contribution in [0.1, 0.15) is 57.2 Å². The van der Waals surface area contributed by atoms with Crippen LogP contribution in [-0.4, -0.2) is 26.7 Å². The summed E-state index contributed by atoms with van der Waals surface area (Å²) in [5.41, 5.74) is 8.71. The average molecular weight is 364 g/mol. The van der Waals surface area contributed by atoms with Crippen LogP contribution < -0.4 is 11.1 Å². The maximum atomic E-state index is 8.67. The molecule has 2 aromatic heterocycles. The van der Waals surface area contributed by atoms with Crippen molar-refractivity contribution in [2.45, 2.75) is 52.0 Å². The first-order chi connectivity index (χ1) is 13.2. The first kappa shape index (κ1) is 18.9. The molecule has 1 fully saturated rings. The van der Waals surface area contributed by atoms with Crippen LogP contribution in [0.4, 0.5) is 11.6 Å². The summed E-state index contributed by atoms with van der Waals surface area (Å²) in [5.74, 6) is 0.986. The summed E-state index contributed by atoms with van der Waals surface area (Å²) >= 11 is 0. The van der Waals surface area contributed by atoms with Crippen molar-refractivity contribution in [1.82, 2.24) is 15.0 Å². The van der Waals surface area contributed by atoms with Crippen LogP contribution in [0.3, 0.4) is 0 Å². The van der Waals surface area contributed by atoms with E-state index in [9.17, 15) is 0 Å². The maximum Gasteiger partial charge on any atom is 0.141 e. The topological polar surface area (TPSA) is 103 Å². The molecule has 3 aromatic rings. The number of aromatic nitrogens is 3. The predicted molar refractivity (Wildman–Crippen MR) is 113 cm³/mol. The number of fused-ring (bicyclic) bond motifs is 1. The van der Waals surface area contributed by atoms with Gasteiger partial charge in [-0.05, 0) is 25.0 Å². The van der Waals surface area contributed by atoms with Crippen LogP contribution in [0.25, 0.3) is 10.9 Å². The van der Waals surface area contributed by atoms with Gasteiger partial charge in [-0.25, -0.2) is 9.97 Å². The average Bonchev–Trinajstić information content (AvgIpc) is 3.14. The van der Waals surface area contributed by atoms with Crippen LogP contribution in [0.2, 0.25) is 0 Å². The molecule has 27 heavy (non-hydrogen) atoms. The Morgan fingerprint density at radius 2 is 1.89 bits per heavy atom. The van der Waals surface area contributed by atoms with E-state index in [4.69, 9.17) is 11.1 Å². The van der Waals surface area contributed by atoms with E-state index in [0.29, 0.717) is 29.0 Å². The Balaban J connectivity index is 0.00000102. The molecule has 1 aliphatic carbocycles. The first-order valence-electron chi connectivity index (χ1n) is 9.76. The number of nitrogens with one attached hydrogen (secondary N) is 3. The summed E-state index contributed by atoms with van der Waals surface area (Å²) in [6.45, 7) is 4.00. The van der Waals surface area contributed by atoms with Crippen molar-refractivity contribution in [3.63, 3.8) is 0 Å². The molecule has 2 heterocycles. The van der Waals surface area contributed by atoms with E-state index in [0.717, 1.165) is 29.4 Å². The highest BCUT2D eigenvalue weighted by molar-refractivity contribution is 6.16. The summed E-state index contributed by atoms with van der Waals surface area (Å²) < 4.78 is 0. The fourth-order valence-corrected chi connectivity index (χ4v) is 3.54. The largest absolute Gasteiger partial charge is 0.383 e. The quantitative estimate of drug-likeness (QED) is 0.503. The summed E-state index contributed by atoms with van der Waals surface area (Å²) in [7, 11) is 0. The Morgan fingerprint density at radius 3 is 2.63 bits per heavy atom. The summed E-state index contributed by atoms with van der Waals surface area (Å²) in [6.07, 6.45) is 7.47. The molecule has 1 aromatic carbocycles. The van der Waals surface area contributed by atoms with Gasteiger partial charge in [-0.3, -0.25) is 5.41 Å². The second kappa shape index (κ2) is 8.66. The van der Waals surface area contributed by atoms with Gasteiger partial charge in [0, 0.05) is 16.9 Å². The van der Waals surface area contributed by atoms with Crippen LogP contribution >= 0.6 is 0 Å². The molecule has 0 bridgehead atoms. The molecule has 5 N–H and O–H groups in total. The van der Waals surface area contributed by atoms with Gasteiger partial charge in [-0.1, -0.05) is 51.3 Å². The lowest BCUT2D eigenvalue weighted by atomic mass is 9.95. The summed E-state index contributed by atoms with van der Waals surface area (Å²) in [5, 5.41) is 13.2. The van der Waals surface area contributed by atoms with Gasteiger partial charge in [0.15, 0.2) is 0 Å². The number of aromatic amines is 1. The number of nitrogens with two attached hydrogens (primary N) is 1. The molecule has 0 saturated heterocycles.